The molecule has 0 unspecified atom stereocenters. The van der Waals surface area contributed by atoms with Gasteiger partial charge < -0.3 is 14.0 Å². The summed E-state index contributed by atoms with van der Waals surface area (Å²) in [5.41, 5.74) is 13.7. The van der Waals surface area contributed by atoms with Crippen molar-refractivity contribution in [3.8, 4) is 33.6 Å². The van der Waals surface area contributed by atoms with Crippen molar-refractivity contribution in [2.75, 3.05) is 4.90 Å². The first-order valence-corrected chi connectivity index (χ1v) is 18.0. The number of nitrogens with zero attached hydrogens (tertiary/aromatic N) is 4. The van der Waals surface area contributed by atoms with Crippen molar-refractivity contribution in [3.63, 3.8) is 0 Å². The zero-order valence-electron chi connectivity index (χ0n) is 28.9. The molecule has 0 radical (unpaired) electrons. The van der Waals surface area contributed by atoms with E-state index in [9.17, 15) is 0 Å². The van der Waals surface area contributed by atoms with Crippen molar-refractivity contribution >= 4 is 49.8 Å². The Labute approximate surface area is 308 Å². The quantitative estimate of drug-likeness (QED) is 0.168. The van der Waals surface area contributed by atoms with Crippen molar-refractivity contribution in [2.24, 2.45) is 0 Å². The molecule has 0 bridgehead atoms. The molecule has 4 heteroatoms. The van der Waals surface area contributed by atoms with E-state index in [1.54, 1.807) is 0 Å². The number of anilines is 3. The number of rotatable bonds is 7. The molecule has 3 heterocycles. The molecule has 10 rings (SSSR count). The summed E-state index contributed by atoms with van der Waals surface area (Å²) in [5.74, 6) is 0. The maximum Gasteiger partial charge on any atom is 0.0635 e. The van der Waals surface area contributed by atoms with Gasteiger partial charge in [0.1, 0.15) is 0 Å². The molecule has 0 aliphatic heterocycles. The average Bonchev–Trinajstić information content (AvgIpc) is 3.82. The fraction of sp³-hybridized carbons (Fsp3) is 0. The van der Waals surface area contributed by atoms with Gasteiger partial charge in [-0.1, -0.05) is 103 Å². The molecule has 10 aromatic rings. The van der Waals surface area contributed by atoms with E-state index < -0.39 is 0 Å². The minimum Gasteiger partial charge on any atom is -0.316 e. The van der Waals surface area contributed by atoms with Crippen LogP contribution in [0.3, 0.4) is 0 Å². The zero-order chi connectivity index (χ0) is 35.1. The van der Waals surface area contributed by atoms with Crippen LogP contribution in [0.5, 0.6) is 0 Å². The first kappa shape index (κ1) is 30.6. The lowest BCUT2D eigenvalue weighted by Crippen LogP contribution is -2.10. The van der Waals surface area contributed by atoms with Crippen LogP contribution in [0.15, 0.2) is 207 Å². The van der Waals surface area contributed by atoms with Crippen LogP contribution in [0.25, 0.3) is 66.3 Å². The van der Waals surface area contributed by atoms with Crippen molar-refractivity contribution < 1.29 is 0 Å². The Morgan fingerprint density at radius 2 is 0.962 bits per heavy atom. The average molecular weight is 679 g/mol. The standard InChI is InChI=1S/C49H34N4/c1-4-11-35(12-5-1)36-18-22-41(23-19-36)52(42-24-20-37(21-25-42)38-13-10-31-50-34-38)43-26-28-48-46(33-43)44-27-29-47-45(30-32-51(47)39-14-6-2-7-15-39)49(44)53(48)40-16-8-3-9-17-40/h1-34H. The van der Waals surface area contributed by atoms with Gasteiger partial charge >= 0.3 is 0 Å². The third kappa shape index (κ3) is 5.36. The molecule has 0 aliphatic rings. The normalized spacial score (nSPS) is 11.4. The van der Waals surface area contributed by atoms with Crippen LogP contribution >= 0.6 is 0 Å². The van der Waals surface area contributed by atoms with Gasteiger partial charge in [0, 0.05) is 63.2 Å². The third-order valence-corrected chi connectivity index (χ3v) is 10.2. The van der Waals surface area contributed by atoms with E-state index in [2.05, 4.69) is 207 Å². The SMILES string of the molecule is c1ccc(-c2ccc(N(c3ccc(-c4cccnc4)cc3)c3ccc4c(c3)c3ccc5c(ccn5-c5ccccc5)c3n4-c3ccccc3)cc2)cc1. The Kier molecular flexibility index (Phi) is 7.43. The highest BCUT2D eigenvalue weighted by atomic mass is 15.1. The highest BCUT2D eigenvalue weighted by Gasteiger charge is 2.20. The van der Waals surface area contributed by atoms with E-state index in [0.29, 0.717) is 0 Å². The summed E-state index contributed by atoms with van der Waals surface area (Å²) in [4.78, 5) is 6.70. The smallest absolute Gasteiger partial charge is 0.0635 e. The van der Waals surface area contributed by atoms with Gasteiger partial charge in [-0.05, 0) is 107 Å². The molecule has 7 aromatic carbocycles. The number of hydrogen-bond acceptors (Lipinski definition) is 2. The molecule has 0 amide bonds. The lowest BCUT2D eigenvalue weighted by molar-refractivity contribution is 1.13. The molecule has 0 atom stereocenters. The number of benzene rings is 7. The van der Waals surface area contributed by atoms with Crippen LogP contribution in [-0.4, -0.2) is 14.1 Å². The van der Waals surface area contributed by atoms with Gasteiger partial charge in [0.05, 0.1) is 16.6 Å². The maximum absolute atomic E-state index is 4.35. The predicted octanol–water partition coefficient (Wildman–Crippen LogP) is 12.9. The third-order valence-electron chi connectivity index (χ3n) is 10.2. The molecule has 0 aliphatic carbocycles. The summed E-state index contributed by atoms with van der Waals surface area (Å²) in [6.07, 6.45) is 5.91. The Hall–Kier alpha value is -7.17. The molecule has 0 N–H and O–H groups in total. The summed E-state index contributed by atoms with van der Waals surface area (Å²) >= 11 is 0. The van der Waals surface area contributed by atoms with Gasteiger partial charge in [-0.2, -0.15) is 0 Å². The van der Waals surface area contributed by atoms with Crippen LogP contribution in [0.4, 0.5) is 17.1 Å². The molecule has 250 valence electrons. The van der Waals surface area contributed by atoms with Gasteiger partial charge in [0.2, 0.25) is 0 Å². The fourth-order valence-corrected chi connectivity index (χ4v) is 7.73. The molecule has 0 saturated carbocycles. The van der Waals surface area contributed by atoms with Gasteiger partial charge in [-0.25, -0.2) is 0 Å². The first-order valence-electron chi connectivity index (χ1n) is 18.0. The van der Waals surface area contributed by atoms with Crippen molar-refractivity contribution in [1.82, 2.24) is 14.1 Å². The highest BCUT2D eigenvalue weighted by molar-refractivity contribution is 6.19. The second-order valence-corrected chi connectivity index (χ2v) is 13.3. The van der Waals surface area contributed by atoms with E-state index in [-0.39, 0.29) is 0 Å². The van der Waals surface area contributed by atoms with E-state index in [1.165, 1.54) is 43.8 Å². The van der Waals surface area contributed by atoms with Crippen molar-refractivity contribution in [3.05, 3.63) is 207 Å². The van der Waals surface area contributed by atoms with E-state index in [1.807, 2.05) is 18.5 Å². The number of aromatic nitrogens is 3. The molecular formula is C49H34N4. The largest absolute Gasteiger partial charge is 0.316 e. The second-order valence-electron chi connectivity index (χ2n) is 13.3. The van der Waals surface area contributed by atoms with Gasteiger partial charge in [0.25, 0.3) is 0 Å². The Morgan fingerprint density at radius 1 is 0.396 bits per heavy atom. The van der Waals surface area contributed by atoms with Gasteiger partial charge in [-0.15, -0.1) is 0 Å². The monoisotopic (exact) mass is 678 g/mol. The molecule has 4 nitrogen and oxygen atoms in total. The Bertz CT molecular complexity index is 2760. The lowest BCUT2D eigenvalue weighted by atomic mass is 10.0. The minimum absolute atomic E-state index is 1.08. The number of para-hydroxylation sites is 2. The molecule has 3 aromatic heterocycles. The maximum atomic E-state index is 4.35. The van der Waals surface area contributed by atoms with Gasteiger partial charge in [0.15, 0.2) is 0 Å². The van der Waals surface area contributed by atoms with Crippen molar-refractivity contribution in [2.45, 2.75) is 0 Å². The number of hydrogen-bond donors (Lipinski definition) is 0. The van der Waals surface area contributed by atoms with Crippen molar-refractivity contribution in [1.29, 1.82) is 0 Å². The fourth-order valence-electron chi connectivity index (χ4n) is 7.73. The summed E-state index contributed by atoms with van der Waals surface area (Å²) < 4.78 is 4.71. The van der Waals surface area contributed by atoms with E-state index in [4.69, 9.17) is 0 Å². The second kappa shape index (κ2) is 12.9. The van der Waals surface area contributed by atoms with Crippen LogP contribution in [0.2, 0.25) is 0 Å². The number of pyridine rings is 1. The minimum atomic E-state index is 1.08. The van der Waals surface area contributed by atoms with Gasteiger partial charge in [-0.3, -0.25) is 4.98 Å². The summed E-state index contributed by atoms with van der Waals surface area (Å²) in [6, 6.07) is 67.3. The first-order chi connectivity index (χ1) is 26.3. The molecule has 0 fully saturated rings. The Morgan fingerprint density at radius 3 is 1.62 bits per heavy atom. The van der Waals surface area contributed by atoms with Crippen LogP contribution in [0, 0.1) is 0 Å². The zero-order valence-corrected chi connectivity index (χ0v) is 28.9. The van der Waals surface area contributed by atoms with Crippen LogP contribution < -0.4 is 4.90 Å². The summed E-state index contributed by atoms with van der Waals surface area (Å²) in [7, 11) is 0. The van der Waals surface area contributed by atoms with Crippen LogP contribution in [-0.2, 0) is 0 Å². The van der Waals surface area contributed by atoms with E-state index in [0.717, 1.165) is 39.6 Å². The predicted molar refractivity (Wildman–Crippen MR) is 221 cm³/mol. The topological polar surface area (TPSA) is 26.0 Å². The molecule has 0 saturated heterocycles. The summed E-state index contributed by atoms with van der Waals surface area (Å²) in [6.45, 7) is 0. The number of fused-ring (bicyclic) bond motifs is 5. The van der Waals surface area contributed by atoms with Crippen LogP contribution in [0.1, 0.15) is 0 Å². The lowest BCUT2D eigenvalue weighted by Gasteiger charge is -2.26. The highest BCUT2D eigenvalue weighted by Crippen LogP contribution is 2.42. The Balaban J connectivity index is 1.17. The summed E-state index contributed by atoms with van der Waals surface area (Å²) in [5, 5.41) is 3.64. The molecular weight excluding hydrogens is 645 g/mol. The van der Waals surface area contributed by atoms with E-state index >= 15 is 0 Å². The molecule has 0 spiro atoms. The molecule has 53 heavy (non-hydrogen) atoms.